The molecule has 2 rings (SSSR count). The van der Waals surface area contributed by atoms with Crippen LogP contribution >= 0.6 is 0 Å². The molecular formula is C10H13F3N4O. The first-order chi connectivity index (χ1) is 8.22. The Morgan fingerprint density at radius 3 is 2.72 bits per heavy atom. The molecule has 8 heteroatoms. The number of halogens is 3. The van der Waals surface area contributed by atoms with E-state index in [0.29, 0.717) is 5.69 Å². The van der Waals surface area contributed by atoms with E-state index in [0.717, 1.165) is 4.90 Å². The van der Waals surface area contributed by atoms with Gasteiger partial charge in [0.25, 0.3) is 0 Å². The topological polar surface area (TPSA) is 64.2 Å². The van der Waals surface area contributed by atoms with Crippen LogP contribution in [0.3, 0.4) is 0 Å². The van der Waals surface area contributed by atoms with Gasteiger partial charge in [0.2, 0.25) is 0 Å². The SMILES string of the molecule is Cn1ccc(C2(N)CCN(C(=O)C(F)(F)F)C2)n1. The second-order valence-corrected chi connectivity index (χ2v) is 4.51. The Hall–Kier alpha value is -1.57. The monoisotopic (exact) mass is 262 g/mol. The van der Waals surface area contributed by atoms with Crippen LogP contribution in [0.25, 0.3) is 0 Å². The fourth-order valence-electron chi connectivity index (χ4n) is 2.08. The third kappa shape index (κ3) is 2.20. The van der Waals surface area contributed by atoms with Gasteiger partial charge >= 0.3 is 12.1 Å². The zero-order chi connectivity index (χ0) is 13.6. The Bertz CT molecular complexity index is 470. The molecule has 0 saturated carbocycles. The number of carbonyl (C=O) groups excluding carboxylic acids is 1. The lowest BCUT2D eigenvalue weighted by molar-refractivity contribution is -0.184. The predicted octanol–water partition coefficient (Wildman–Crippen LogP) is 0.369. The van der Waals surface area contributed by atoms with Crippen LogP contribution in [0.1, 0.15) is 12.1 Å². The van der Waals surface area contributed by atoms with Crippen LogP contribution in [-0.4, -0.2) is 39.9 Å². The number of aromatic nitrogens is 2. The van der Waals surface area contributed by atoms with Crippen LogP contribution in [0.5, 0.6) is 0 Å². The lowest BCUT2D eigenvalue weighted by atomic mass is 9.96. The van der Waals surface area contributed by atoms with E-state index >= 15 is 0 Å². The van der Waals surface area contributed by atoms with Crippen LogP contribution < -0.4 is 5.73 Å². The number of nitrogens with zero attached hydrogens (tertiary/aromatic N) is 3. The molecule has 18 heavy (non-hydrogen) atoms. The molecule has 100 valence electrons. The molecule has 1 saturated heterocycles. The molecule has 1 aliphatic rings. The highest BCUT2D eigenvalue weighted by Crippen LogP contribution is 2.31. The van der Waals surface area contributed by atoms with Crippen molar-refractivity contribution in [3.05, 3.63) is 18.0 Å². The number of likely N-dealkylation sites (tertiary alicyclic amines) is 1. The van der Waals surface area contributed by atoms with E-state index in [9.17, 15) is 18.0 Å². The van der Waals surface area contributed by atoms with Crippen molar-refractivity contribution in [1.29, 1.82) is 0 Å². The minimum atomic E-state index is -4.85. The van der Waals surface area contributed by atoms with Gasteiger partial charge in [0.1, 0.15) is 0 Å². The molecule has 5 nitrogen and oxygen atoms in total. The highest BCUT2D eigenvalue weighted by molar-refractivity contribution is 5.82. The van der Waals surface area contributed by atoms with E-state index in [1.165, 1.54) is 4.68 Å². The van der Waals surface area contributed by atoms with Crippen molar-refractivity contribution in [1.82, 2.24) is 14.7 Å². The molecule has 1 aliphatic heterocycles. The predicted molar refractivity (Wildman–Crippen MR) is 56.3 cm³/mol. The third-order valence-corrected chi connectivity index (χ3v) is 3.05. The summed E-state index contributed by atoms with van der Waals surface area (Å²) < 4.78 is 38.4. The summed E-state index contributed by atoms with van der Waals surface area (Å²) in [6.07, 6.45) is -2.92. The van der Waals surface area contributed by atoms with Gasteiger partial charge in [-0.3, -0.25) is 9.48 Å². The Morgan fingerprint density at radius 2 is 2.22 bits per heavy atom. The second-order valence-electron chi connectivity index (χ2n) is 4.51. The molecule has 1 aromatic heterocycles. The Morgan fingerprint density at radius 1 is 1.56 bits per heavy atom. The van der Waals surface area contributed by atoms with E-state index in [1.807, 2.05) is 0 Å². The Labute approximate surface area is 101 Å². The molecule has 0 aliphatic carbocycles. The molecule has 1 unspecified atom stereocenters. The first-order valence-corrected chi connectivity index (χ1v) is 5.37. The maximum Gasteiger partial charge on any atom is 0.471 e. The summed E-state index contributed by atoms with van der Waals surface area (Å²) in [5.74, 6) is -1.84. The number of aryl methyl sites for hydroxylation is 1. The average Bonchev–Trinajstić information content (AvgIpc) is 2.83. The molecule has 0 spiro atoms. The van der Waals surface area contributed by atoms with E-state index < -0.39 is 17.6 Å². The maximum absolute atomic E-state index is 12.3. The molecule has 1 atom stereocenters. The lowest BCUT2D eigenvalue weighted by Gasteiger charge is -2.23. The van der Waals surface area contributed by atoms with Gasteiger partial charge in [-0.05, 0) is 12.5 Å². The van der Waals surface area contributed by atoms with Crippen molar-refractivity contribution >= 4 is 5.91 Å². The fraction of sp³-hybridized carbons (Fsp3) is 0.600. The van der Waals surface area contributed by atoms with Crippen molar-refractivity contribution in [2.45, 2.75) is 18.1 Å². The quantitative estimate of drug-likeness (QED) is 0.795. The molecule has 0 bridgehead atoms. The molecule has 0 radical (unpaired) electrons. The standard InChI is InChI=1S/C10H13F3N4O/c1-16-4-2-7(15-16)9(14)3-5-17(6-9)8(18)10(11,12)13/h2,4H,3,5-6,14H2,1H3. The zero-order valence-corrected chi connectivity index (χ0v) is 9.74. The summed E-state index contributed by atoms with van der Waals surface area (Å²) in [4.78, 5) is 11.8. The van der Waals surface area contributed by atoms with E-state index in [1.54, 1.807) is 19.3 Å². The van der Waals surface area contributed by atoms with E-state index in [4.69, 9.17) is 5.73 Å². The molecule has 0 aromatic carbocycles. The van der Waals surface area contributed by atoms with Crippen molar-refractivity contribution in [2.24, 2.45) is 12.8 Å². The van der Waals surface area contributed by atoms with Gasteiger partial charge in [-0.1, -0.05) is 0 Å². The van der Waals surface area contributed by atoms with Gasteiger partial charge in [-0.25, -0.2) is 0 Å². The number of rotatable bonds is 1. The number of hydrogen-bond acceptors (Lipinski definition) is 3. The van der Waals surface area contributed by atoms with Gasteiger partial charge in [0, 0.05) is 26.3 Å². The van der Waals surface area contributed by atoms with E-state index in [2.05, 4.69) is 5.10 Å². The number of carbonyl (C=O) groups is 1. The van der Waals surface area contributed by atoms with Crippen LogP contribution in [0.4, 0.5) is 13.2 Å². The van der Waals surface area contributed by atoms with Crippen molar-refractivity contribution in [3.8, 4) is 0 Å². The summed E-state index contributed by atoms with van der Waals surface area (Å²) in [5, 5.41) is 4.09. The van der Waals surface area contributed by atoms with Gasteiger partial charge < -0.3 is 10.6 Å². The van der Waals surface area contributed by atoms with Crippen LogP contribution in [0.2, 0.25) is 0 Å². The summed E-state index contributed by atoms with van der Waals surface area (Å²) in [6.45, 7) is -0.173. The summed E-state index contributed by atoms with van der Waals surface area (Å²) in [6, 6.07) is 1.65. The number of alkyl halides is 3. The molecule has 1 amide bonds. The highest BCUT2D eigenvalue weighted by atomic mass is 19.4. The molecule has 2 heterocycles. The Balaban J connectivity index is 2.15. The third-order valence-electron chi connectivity index (χ3n) is 3.05. The maximum atomic E-state index is 12.3. The van der Waals surface area contributed by atoms with Gasteiger partial charge in [0.15, 0.2) is 0 Å². The number of nitrogens with two attached hydrogens (primary N) is 1. The number of amides is 1. The van der Waals surface area contributed by atoms with Crippen LogP contribution in [0, 0.1) is 0 Å². The van der Waals surface area contributed by atoms with Gasteiger partial charge in [-0.15, -0.1) is 0 Å². The van der Waals surface area contributed by atoms with Gasteiger partial charge in [0.05, 0.1) is 11.2 Å². The number of hydrogen-bond donors (Lipinski definition) is 1. The first-order valence-electron chi connectivity index (χ1n) is 5.37. The largest absolute Gasteiger partial charge is 0.471 e. The fourth-order valence-corrected chi connectivity index (χ4v) is 2.08. The van der Waals surface area contributed by atoms with E-state index in [-0.39, 0.29) is 19.5 Å². The molecule has 1 aromatic rings. The average molecular weight is 262 g/mol. The summed E-state index contributed by atoms with van der Waals surface area (Å²) >= 11 is 0. The molecule has 2 N–H and O–H groups in total. The Kier molecular flexibility index (Phi) is 2.84. The molecule has 1 fully saturated rings. The lowest BCUT2D eigenvalue weighted by Crippen LogP contribution is -2.45. The second kappa shape index (κ2) is 3.98. The van der Waals surface area contributed by atoms with Crippen molar-refractivity contribution in [3.63, 3.8) is 0 Å². The first kappa shape index (κ1) is 12.9. The zero-order valence-electron chi connectivity index (χ0n) is 9.74. The minimum absolute atomic E-state index is 0.00851. The highest BCUT2D eigenvalue weighted by Gasteiger charge is 2.48. The smallest absolute Gasteiger partial charge is 0.333 e. The van der Waals surface area contributed by atoms with Crippen molar-refractivity contribution < 1.29 is 18.0 Å². The normalized spacial score (nSPS) is 24.6. The van der Waals surface area contributed by atoms with Crippen LogP contribution in [-0.2, 0) is 17.4 Å². The summed E-state index contributed by atoms with van der Waals surface area (Å²) in [7, 11) is 1.69. The van der Waals surface area contributed by atoms with Crippen molar-refractivity contribution in [2.75, 3.05) is 13.1 Å². The van der Waals surface area contributed by atoms with Crippen LogP contribution in [0.15, 0.2) is 12.3 Å². The van der Waals surface area contributed by atoms with Gasteiger partial charge in [-0.2, -0.15) is 18.3 Å². The minimum Gasteiger partial charge on any atom is -0.333 e. The summed E-state index contributed by atoms with van der Waals surface area (Å²) in [5.41, 5.74) is 5.53. The molecular weight excluding hydrogens is 249 g/mol.